The smallest absolute Gasteiger partial charge is 0.268 e. The largest absolute Gasteiger partial charge is 0.346 e. The molecule has 0 bridgehead atoms. The number of aromatic nitrogens is 2. The summed E-state index contributed by atoms with van der Waals surface area (Å²) in [5, 5.41) is 9.91. The zero-order valence-corrected chi connectivity index (χ0v) is 15.5. The molecule has 0 aliphatic carbocycles. The fraction of sp³-hybridized carbons (Fsp3) is 0.190. The lowest BCUT2D eigenvalue weighted by atomic mass is 9.97. The number of hydrogen-bond acceptors (Lipinski definition) is 3. The van der Waals surface area contributed by atoms with E-state index >= 15 is 0 Å². The van der Waals surface area contributed by atoms with Crippen molar-refractivity contribution in [1.29, 1.82) is 5.41 Å². The van der Waals surface area contributed by atoms with Gasteiger partial charge in [0.2, 0.25) is 0 Å². The molecule has 0 atom stereocenters. The van der Waals surface area contributed by atoms with Crippen LogP contribution in [-0.4, -0.2) is 39.6 Å². The molecule has 3 aromatic rings. The normalized spacial score (nSPS) is 14.3. The van der Waals surface area contributed by atoms with Gasteiger partial charge in [0.05, 0.1) is 0 Å². The number of rotatable bonds is 4. The maximum atomic E-state index is 12.6. The first kappa shape index (κ1) is 17.5. The number of nitrogens with zero attached hydrogens (tertiary/aromatic N) is 2. The van der Waals surface area contributed by atoms with Crippen molar-refractivity contribution in [3.8, 4) is 0 Å². The molecule has 0 saturated heterocycles. The quantitative estimate of drug-likeness (QED) is 0.671. The van der Waals surface area contributed by atoms with E-state index in [4.69, 9.17) is 17.0 Å². The fourth-order valence-electron chi connectivity index (χ4n) is 3.41. The van der Waals surface area contributed by atoms with Crippen LogP contribution >= 0.6 is 11.6 Å². The van der Waals surface area contributed by atoms with Crippen LogP contribution in [0.4, 0.5) is 0 Å². The number of benzene rings is 1. The van der Waals surface area contributed by atoms with E-state index < -0.39 is 0 Å². The van der Waals surface area contributed by atoms with Gasteiger partial charge in [-0.1, -0.05) is 29.8 Å². The molecule has 1 amide bonds. The molecule has 0 saturated carbocycles. The topological polar surface area (TPSA) is 72.8 Å². The highest BCUT2D eigenvalue weighted by atomic mass is 35.5. The Bertz CT molecular complexity index is 1040. The SMILES string of the molecule is N=C(Cc1ccc(Cl)cc1)C(=O)N1CC=C(c2ccnc3[nH]ccc23)CC1. The summed E-state index contributed by atoms with van der Waals surface area (Å²) < 4.78 is 0. The van der Waals surface area contributed by atoms with E-state index in [-0.39, 0.29) is 11.6 Å². The Morgan fingerprint density at radius 2 is 2.04 bits per heavy atom. The number of pyridine rings is 1. The first-order chi connectivity index (χ1) is 13.1. The molecule has 1 aliphatic heterocycles. The maximum Gasteiger partial charge on any atom is 0.268 e. The van der Waals surface area contributed by atoms with Crippen molar-refractivity contribution < 1.29 is 4.79 Å². The van der Waals surface area contributed by atoms with Crippen molar-refractivity contribution in [2.75, 3.05) is 13.1 Å². The van der Waals surface area contributed by atoms with Crippen molar-refractivity contribution in [2.45, 2.75) is 12.8 Å². The number of hydrogen-bond donors (Lipinski definition) is 2. The summed E-state index contributed by atoms with van der Waals surface area (Å²) in [6.45, 7) is 1.13. The van der Waals surface area contributed by atoms with E-state index in [1.807, 2.05) is 30.5 Å². The lowest BCUT2D eigenvalue weighted by Gasteiger charge is -2.27. The van der Waals surface area contributed by atoms with Crippen molar-refractivity contribution in [1.82, 2.24) is 14.9 Å². The standard InChI is InChI=1S/C21H19ClN4O/c22-16-3-1-14(2-4-16)13-19(23)21(27)26-11-7-15(8-12-26)17-5-9-24-20-18(17)6-10-25-20/h1-7,9-10,23H,8,11-13H2,(H,24,25). The third kappa shape index (κ3) is 3.64. The molecular formula is C21H19ClN4O. The van der Waals surface area contributed by atoms with Gasteiger partial charge in [0.25, 0.3) is 5.91 Å². The van der Waals surface area contributed by atoms with Gasteiger partial charge in [-0.25, -0.2) is 4.98 Å². The Morgan fingerprint density at radius 3 is 2.78 bits per heavy atom. The Hall–Kier alpha value is -2.92. The van der Waals surface area contributed by atoms with Gasteiger partial charge in [0.1, 0.15) is 11.4 Å². The number of carbonyl (C=O) groups is 1. The summed E-state index contributed by atoms with van der Waals surface area (Å²) in [6.07, 6.45) is 6.85. The van der Waals surface area contributed by atoms with E-state index in [9.17, 15) is 4.79 Å². The Morgan fingerprint density at radius 1 is 1.22 bits per heavy atom. The minimum absolute atomic E-state index is 0.103. The van der Waals surface area contributed by atoms with Crippen LogP contribution < -0.4 is 0 Å². The Balaban J connectivity index is 1.44. The van der Waals surface area contributed by atoms with Gasteiger partial charge in [-0.3, -0.25) is 10.2 Å². The zero-order chi connectivity index (χ0) is 18.8. The highest BCUT2D eigenvalue weighted by Crippen LogP contribution is 2.28. The molecule has 2 aromatic heterocycles. The summed E-state index contributed by atoms with van der Waals surface area (Å²) >= 11 is 5.88. The number of fused-ring (bicyclic) bond motifs is 1. The molecule has 27 heavy (non-hydrogen) atoms. The molecule has 0 radical (unpaired) electrons. The summed E-state index contributed by atoms with van der Waals surface area (Å²) in [7, 11) is 0. The average molecular weight is 379 g/mol. The monoisotopic (exact) mass is 378 g/mol. The minimum Gasteiger partial charge on any atom is -0.346 e. The molecule has 0 fully saturated rings. The number of aromatic amines is 1. The van der Waals surface area contributed by atoms with Crippen LogP contribution in [0, 0.1) is 5.41 Å². The lowest BCUT2D eigenvalue weighted by Crippen LogP contribution is -2.39. The van der Waals surface area contributed by atoms with Gasteiger partial charge in [-0.15, -0.1) is 0 Å². The summed E-state index contributed by atoms with van der Waals surface area (Å²) in [5.41, 5.74) is 4.26. The van der Waals surface area contributed by atoms with Gasteiger partial charge < -0.3 is 9.88 Å². The maximum absolute atomic E-state index is 12.6. The van der Waals surface area contributed by atoms with Crippen molar-refractivity contribution in [3.63, 3.8) is 0 Å². The number of amides is 1. The van der Waals surface area contributed by atoms with E-state index in [0.717, 1.165) is 28.6 Å². The fourth-order valence-corrected chi connectivity index (χ4v) is 3.54. The van der Waals surface area contributed by atoms with Crippen LogP contribution in [0.15, 0.2) is 54.9 Å². The molecule has 136 valence electrons. The summed E-state index contributed by atoms with van der Waals surface area (Å²) in [5.74, 6) is -0.207. The van der Waals surface area contributed by atoms with E-state index in [1.54, 1.807) is 23.2 Å². The second kappa shape index (κ2) is 7.37. The Labute approximate surface area is 162 Å². The van der Waals surface area contributed by atoms with Gasteiger partial charge >= 0.3 is 0 Å². The number of nitrogens with one attached hydrogen (secondary N) is 2. The second-order valence-electron chi connectivity index (χ2n) is 6.61. The first-order valence-electron chi connectivity index (χ1n) is 8.84. The molecule has 2 N–H and O–H groups in total. The minimum atomic E-state index is -0.207. The highest BCUT2D eigenvalue weighted by Gasteiger charge is 2.22. The molecule has 5 nitrogen and oxygen atoms in total. The van der Waals surface area contributed by atoms with Crippen LogP contribution in [0.3, 0.4) is 0 Å². The van der Waals surface area contributed by atoms with Crippen LogP contribution in [0.25, 0.3) is 16.6 Å². The third-order valence-electron chi connectivity index (χ3n) is 4.85. The molecule has 3 heterocycles. The predicted molar refractivity (Wildman–Crippen MR) is 108 cm³/mol. The van der Waals surface area contributed by atoms with E-state index in [0.29, 0.717) is 24.5 Å². The van der Waals surface area contributed by atoms with Gasteiger partial charge in [0.15, 0.2) is 0 Å². The number of halogens is 1. The molecule has 1 aromatic carbocycles. The van der Waals surface area contributed by atoms with Crippen molar-refractivity contribution in [3.05, 3.63) is 71.0 Å². The van der Waals surface area contributed by atoms with E-state index in [1.165, 1.54) is 5.57 Å². The lowest BCUT2D eigenvalue weighted by molar-refractivity contribution is -0.123. The van der Waals surface area contributed by atoms with E-state index in [2.05, 4.69) is 16.0 Å². The van der Waals surface area contributed by atoms with Crippen LogP contribution in [0.2, 0.25) is 5.02 Å². The zero-order valence-electron chi connectivity index (χ0n) is 14.7. The average Bonchev–Trinajstić information content (AvgIpc) is 3.18. The van der Waals surface area contributed by atoms with Crippen LogP contribution in [0.1, 0.15) is 17.5 Å². The van der Waals surface area contributed by atoms with Gasteiger partial charge in [0, 0.05) is 42.3 Å². The molecule has 0 spiro atoms. The van der Waals surface area contributed by atoms with Gasteiger partial charge in [-0.05, 0) is 47.4 Å². The Kier molecular flexibility index (Phi) is 4.77. The van der Waals surface area contributed by atoms with Gasteiger partial charge in [-0.2, -0.15) is 0 Å². The second-order valence-corrected chi connectivity index (χ2v) is 7.05. The molecular weight excluding hydrogens is 360 g/mol. The predicted octanol–water partition coefficient (Wildman–Crippen LogP) is 4.09. The third-order valence-corrected chi connectivity index (χ3v) is 5.11. The molecule has 4 rings (SSSR count). The molecule has 0 unspecified atom stereocenters. The summed E-state index contributed by atoms with van der Waals surface area (Å²) in [4.78, 5) is 21.8. The number of carbonyl (C=O) groups excluding carboxylic acids is 1. The van der Waals surface area contributed by atoms with Crippen LogP contribution in [-0.2, 0) is 11.2 Å². The van der Waals surface area contributed by atoms with Crippen LogP contribution in [0.5, 0.6) is 0 Å². The summed E-state index contributed by atoms with van der Waals surface area (Å²) in [6, 6.07) is 11.3. The first-order valence-corrected chi connectivity index (χ1v) is 9.22. The molecule has 1 aliphatic rings. The van der Waals surface area contributed by atoms with Crippen molar-refractivity contribution >= 4 is 39.8 Å². The van der Waals surface area contributed by atoms with Crippen molar-refractivity contribution in [2.24, 2.45) is 0 Å². The number of H-pyrrole nitrogens is 1. The highest BCUT2D eigenvalue weighted by molar-refractivity contribution is 6.38. The molecule has 6 heteroatoms.